The van der Waals surface area contributed by atoms with Crippen LogP contribution in [0, 0.1) is 29.9 Å². The van der Waals surface area contributed by atoms with Crippen molar-refractivity contribution in [2.75, 3.05) is 0 Å². The second-order valence-corrected chi connectivity index (χ2v) is 4.06. The first-order valence-electron chi connectivity index (χ1n) is 5.53. The number of benzene rings is 1. The van der Waals surface area contributed by atoms with E-state index < -0.39 is 10.9 Å². The predicted molar refractivity (Wildman–Crippen MR) is 66.8 cm³/mol. The van der Waals surface area contributed by atoms with Gasteiger partial charge in [-0.25, -0.2) is 0 Å². The first kappa shape index (κ1) is 12.9. The second-order valence-electron chi connectivity index (χ2n) is 4.06. The Morgan fingerprint density at radius 2 is 2.00 bits per heavy atom. The third-order valence-corrected chi connectivity index (χ3v) is 2.59. The molecule has 0 aliphatic rings. The van der Waals surface area contributed by atoms with Crippen LogP contribution in [-0.2, 0) is 0 Å². The minimum atomic E-state index is -0.670. The maximum atomic E-state index is 12.9. The third kappa shape index (κ3) is 2.85. The van der Waals surface area contributed by atoms with Gasteiger partial charge in [-0.05, 0) is 31.5 Å². The van der Waals surface area contributed by atoms with Crippen molar-refractivity contribution in [1.29, 1.82) is 0 Å². The van der Waals surface area contributed by atoms with E-state index in [0.29, 0.717) is 11.1 Å². The Hall–Kier alpha value is -2.50. The van der Waals surface area contributed by atoms with E-state index in [1.54, 1.807) is 19.9 Å². The Bertz CT molecular complexity index is 644. The topological polar surface area (TPSA) is 65.3 Å². The van der Waals surface area contributed by atoms with Crippen molar-refractivity contribution in [2.24, 2.45) is 0 Å². The number of halogens is 1. The van der Waals surface area contributed by atoms with E-state index in [-0.39, 0.29) is 17.3 Å². The number of nitrogens with zero attached hydrogens (tertiary/aromatic N) is 2. The Kier molecular flexibility index (Phi) is 3.41. The summed E-state index contributed by atoms with van der Waals surface area (Å²) < 4.78 is 18.3. The number of hydrogen-bond acceptors (Lipinski definition) is 4. The molecule has 0 amide bonds. The average molecular weight is 262 g/mol. The monoisotopic (exact) mass is 262 g/mol. The fraction of sp³-hybridized carbons (Fsp3) is 0.154. The van der Waals surface area contributed by atoms with Gasteiger partial charge >= 0.3 is 0 Å². The maximum absolute atomic E-state index is 12.9. The molecule has 1 aromatic heterocycles. The van der Waals surface area contributed by atoms with Crippen molar-refractivity contribution in [3.8, 4) is 11.6 Å². The van der Waals surface area contributed by atoms with Gasteiger partial charge in [-0.2, -0.15) is 9.37 Å². The number of aromatic nitrogens is 1. The summed E-state index contributed by atoms with van der Waals surface area (Å²) in [4.78, 5) is 13.9. The average Bonchev–Trinajstić information content (AvgIpc) is 2.32. The highest BCUT2D eigenvalue weighted by Crippen LogP contribution is 2.30. The van der Waals surface area contributed by atoms with E-state index >= 15 is 0 Å². The molecule has 98 valence electrons. The quantitative estimate of drug-likeness (QED) is 0.482. The highest BCUT2D eigenvalue weighted by molar-refractivity contribution is 5.50. The Balaban J connectivity index is 2.40. The fourth-order valence-electron chi connectivity index (χ4n) is 1.69. The van der Waals surface area contributed by atoms with Crippen LogP contribution in [0.2, 0.25) is 0 Å². The largest absolute Gasteiger partial charge is 0.438 e. The van der Waals surface area contributed by atoms with Crippen LogP contribution in [-0.4, -0.2) is 9.91 Å². The van der Waals surface area contributed by atoms with Crippen LogP contribution in [0.4, 0.5) is 10.1 Å². The van der Waals surface area contributed by atoms with E-state index in [1.807, 2.05) is 0 Å². The number of pyridine rings is 1. The molecule has 0 bridgehead atoms. The zero-order chi connectivity index (χ0) is 14.0. The zero-order valence-corrected chi connectivity index (χ0v) is 10.4. The van der Waals surface area contributed by atoms with Crippen molar-refractivity contribution in [2.45, 2.75) is 13.8 Å². The van der Waals surface area contributed by atoms with E-state index in [1.165, 1.54) is 24.3 Å². The summed E-state index contributed by atoms with van der Waals surface area (Å²) in [5.41, 5.74) is 1.22. The summed E-state index contributed by atoms with van der Waals surface area (Å²) in [5.74, 6) is -0.326. The molecule has 0 saturated heterocycles. The van der Waals surface area contributed by atoms with Crippen LogP contribution in [0.15, 0.2) is 30.3 Å². The predicted octanol–water partition coefficient (Wildman–Crippen LogP) is 3.54. The third-order valence-electron chi connectivity index (χ3n) is 2.59. The molecule has 0 aliphatic carbocycles. The molecule has 1 heterocycles. The standard InChI is InChI=1S/C13H11FN2O3/c1-8-6-9(2)11(7-10(8)16(17)18)19-13-5-3-4-12(14)15-13/h3-7H,1-2H3. The van der Waals surface area contributed by atoms with Crippen molar-refractivity contribution in [3.05, 3.63) is 57.5 Å². The SMILES string of the molecule is Cc1cc(C)c([N+](=O)[O-])cc1Oc1cccc(F)n1. The van der Waals surface area contributed by atoms with E-state index in [9.17, 15) is 14.5 Å². The minimum absolute atomic E-state index is 0.0444. The summed E-state index contributed by atoms with van der Waals surface area (Å²) in [6, 6.07) is 7.09. The molecule has 2 aromatic rings. The van der Waals surface area contributed by atoms with Gasteiger partial charge in [0.1, 0.15) is 5.75 Å². The van der Waals surface area contributed by atoms with Crippen molar-refractivity contribution >= 4 is 5.69 Å². The Morgan fingerprint density at radius 1 is 1.26 bits per heavy atom. The zero-order valence-electron chi connectivity index (χ0n) is 10.4. The first-order valence-corrected chi connectivity index (χ1v) is 5.53. The number of ether oxygens (including phenoxy) is 1. The molecule has 0 atom stereocenters. The molecule has 2 rings (SSSR count). The summed E-state index contributed by atoms with van der Waals surface area (Å²) in [6.45, 7) is 3.40. The molecule has 0 fully saturated rings. The van der Waals surface area contributed by atoms with Crippen LogP contribution in [0.25, 0.3) is 0 Å². The summed E-state index contributed by atoms with van der Waals surface area (Å²) in [7, 11) is 0. The molecule has 0 aliphatic heterocycles. The number of nitro benzene ring substituents is 1. The molecule has 19 heavy (non-hydrogen) atoms. The normalized spacial score (nSPS) is 10.3. The molecule has 1 aromatic carbocycles. The minimum Gasteiger partial charge on any atom is -0.438 e. The number of hydrogen-bond donors (Lipinski definition) is 0. The highest BCUT2D eigenvalue weighted by Gasteiger charge is 2.15. The van der Waals surface area contributed by atoms with Crippen molar-refractivity contribution < 1.29 is 14.1 Å². The van der Waals surface area contributed by atoms with E-state index in [0.717, 1.165) is 0 Å². The fourth-order valence-corrected chi connectivity index (χ4v) is 1.69. The van der Waals surface area contributed by atoms with Gasteiger partial charge in [0.05, 0.1) is 11.0 Å². The van der Waals surface area contributed by atoms with Crippen LogP contribution >= 0.6 is 0 Å². The van der Waals surface area contributed by atoms with Crippen LogP contribution in [0.1, 0.15) is 11.1 Å². The van der Waals surface area contributed by atoms with E-state index in [2.05, 4.69) is 4.98 Å². The Labute approximate surface area is 108 Å². The summed E-state index contributed by atoms with van der Waals surface area (Å²) >= 11 is 0. The molecule has 0 spiro atoms. The molecule has 0 radical (unpaired) electrons. The molecule has 0 unspecified atom stereocenters. The smallest absolute Gasteiger partial charge is 0.276 e. The lowest BCUT2D eigenvalue weighted by Crippen LogP contribution is -1.96. The molecule has 5 nitrogen and oxygen atoms in total. The summed E-state index contributed by atoms with van der Waals surface area (Å²) in [5, 5.41) is 10.9. The van der Waals surface area contributed by atoms with Crippen molar-refractivity contribution in [1.82, 2.24) is 4.98 Å². The van der Waals surface area contributed by atoms with E-state index in [4.69, 9.17) is 4.74 Å². The van der Waals surface area contributed by atoms with Gasteiger partial charge in [0.2, 0.25) is 11.8 Å². The van der Waals surface area contributed by atoms with Gasteiger partial charge in [-0.3, -0.25) is 10.1 Å². The lowest BCUT2D eigenvalue weighted by molar-refractivity contribution is -0.385. The van der Waals surface area contributed by atoms with Gasteiger partial charge in [0, 0.05) is 11.6 Å². The van der Waals surface area contributed by atoms with Crippen LogP contribution < -0.4 is 4.74 Å². The lowest BCUT2D eigenvalue weighted by atomic mass is 10.1. The Morgan fingerprint density at radius 3 is 2.63 bits per heavy atom. The number of rotatable bonds is 3. The van der Waals surface area contributed by atoms with Gasteiger partial charge in [-0.1, -0.05) is 6.07 Å². The molecule has 0 N–H and O–H groups in total. The maximum Gasteiger partial charge on any atom is 0.276 e. The number of aryl methyl sites for hydroxylation is 2. The van der Waals surface area contributed by atoms with Crippen molar-refractivity contribution in [3.63, 3.8) is 0 Å². The highest BCUT2D eigenvalue weighted by atomic mass is 19.1. The first-order chi connectivity index (χ1) is 8.97. The molecular weight excluding hydrogens is 251 g/mol. The molecular formula is C13H11FN2O3. The van der Waals surface area contributed by atoms with Crippen LogP contribution in [0.3, 0.4) is 0 Å². The van der Waals surface area contributed by atoms with Gasteiger partial charge in [0.15, 0.2) is 0 Å². The molecule has 0 saturated carbocycles. The van der Waals surface area contributed by atoms with Gasteiger partial charge in [0.25, 0.3) is 5.69 Å². The number of nitro groups is 1. The summed E-state index contributed by atoms with van der Waals surface area (Å²) in [6.07, 6.45) is 0. The lowest BCUT2D eigenvalue weighted by Gasteiger charge is -2.08. The molecule has 6 heteroatoms. The van der Waals surface area contributed by atoms with Gasteiger partial charge < -0.3 is 4.74 Å². The van der Waals surface area contributed by atoms with Crippen LogP contribution in [0.5, 0.6) is 11.6 Å². The van der Waals surface area contributed by atoms with Gasteiger partial charge in [-0.15, -0.1) is 0 Å². The second kappa shape index (κ2) is 5.01.